The number of piperidine rings is 1. The lowest BCUT2D eigenvalue weighted by atomic mass is 9.90. The predicted molar refractivity (Wildman–Crippen MR) is 81.4 cm³/mol. The second-order valence-corrected chi connectivity index (χ2v) is 7.26. The first-order valence-corrected chi connectivity index (χ1v) is 8.83. The monoisotopic (exact) mass is 264 g/mol. The third-order valence-electron chi connectivity index (χ3n) is 5.93. The molecule has 110 valence electrons. The highest BCUT2D eigenvalue weighted by molar-refractivity contribution is 4.90. The van der Waals surface area contributed by atoms with Gasteiger partial charge in [-0.1, -0.05) is 25.7 Å². The van der Waals surface area contributed by atoms with Crippen LogP contribution in [0.1, 0.15) is 71.1 Å². The van der Waals surface area contributed by atoms with E-state index in [1.54, 1.807) is 0 Å². The largest absolute Gasteiger partial charge is 0.311 e. The fourth-order valence-electron chi connectivity index (χ4n) is 4.69. The first-order chi connectivity index (χ1) is 9.33. The molecule has 2 heteroatoms. The first-order valence-electron chi connectivity index (χ1n) is 8.83. The van der Waals surface area contributed by atoms with Gasteiger partial charge < -0.3 is 10.2 Å². The topological polar surface area (TPSA) is 15.3 Å². The van der Waals surface area contributed by atoms with E-state index in [0.717, 1.165) is 24.0 Å². The Morgan fingerprint density at radius 3 is 2.47 bits per heavy atom. The van der Waals surface area contributed by atoms with Crippen LogP contribution in [0.3, 0.4) is 0 Å². The van der Waals surface area contributed by atoms with Crippen molar-refractivity contribution in [2.45, 2.75) is 89.3 Å². The van der Waals surface area contributed by atoms with Gasteiger partial charge in [0.2, 0.25) is 0 Å². The van der Waals surface area contributed by atoms with E-state index in [-0.39, 0.29) is 0 Å². The molecule has 2 aliphatic heterocycles. The van der Waals surface area contributed by atoms with Crippen LogP contribution in [0.15, 0.2) is 0 Å². The quantitative estimate of drug-likeness (QED) is 0.784. The summed E-state index contributed by atoms with van der Waals surface area (Å²) in [7, 11) is 0. The molecule has 2 heterocycles. The minimum atomic E-state index is 0.746. The van der Waals surface area contributed by atoms with Crippen molar-refractivity contribution in [3.8, 4) is 0 Å². The van der Waals surface area contributed by atoms with Gasteiger partial charge in [0, 0.05) is 18.1 Å². The molecule has 2 saturated heterocycles. The zero-order valence-corrected chi connectivity index (χ0v) is 12.7. The van der Waals surface area contributed by atoms with Crippen LogP contribution in [0, 0.1) is 5.92 Å². The molecular formula is C17H32N2. The van der Waals surface area contributed by atoms with E-state index in [4.69, 9.17) is 0 Å². The lowest BCUT2D eigenvalue weighted by Gasteiger charge is -2.38. The Balaban J connectivity index is 1.47. The SMILES string of the molecule is C[C@H](NC1CCN2CCCC2C1)C1CCCCCC1. The predicted octanol–water partition coefficient (Wildman–Crippen LogP) is 3.56. The molecule has 1 saturated carbocycles. The number of rotatable bonds is 3. The molecule has 1 N–H and O–H groups in total. The maximum Gasteiger partial charge on any atom is 0.0111 e. The molecule has 3 rings (SSSR count). The van der Waals surface area contributed by atoms with Crippen LogP contribution in [-0.2, 0) is 0 Å². The molecule has 0 radical (unpaired) electrons. The molecular weight excluding hydrogens is 232 g/mol. The van der Waals surface area contributed by atoms with Gasteiger partial charge in [-0.25, -0.2) is 0 Å². The van der Waals surface area contributed by atoms with Crippen molar-refractivity contribution in [2.24, 2.45) is 5.92 Å². The molecule has 1 aliphatic carbocycles. The van der Waals surface area contributed by atoms with Gasteiger partial charge in [-0.15, -0.1) is 0 Å². The standard InChI is InChI=1S/C17H32N2/c1-14(15-7-4-2-3-5-8-15)18-16-10-12-19-11-6-9-17(19)13-16/h14-18H,2-13H2,1H3/t14-,16?,17?/m0/s1. The fraction of sp³-hybridized carbons (Fsp3) is 1.00. The Bertz CT molecular complexity index is 270. The molecule has 0 spiro atoms. The smallest absolute Gasteiger partial charge is 0.0111 e. The second kappa shape index (κ2) is 6.58. The van der Waals surface area contributed by atoms with Crippen molar-refractivity contribution in [2.75, 3.05) is 13.1 Å². The molecule has 19 heavy (non-hydrogen) atoms. The lowest BCUT2D eigenvalue weighted by molar-refractivity contribution is 0.153. The van der Waals surface area contributed by atoms with Crippen molar-refractivity contribution in [3.05, 3.63) is 0 Å². The molecule has 3 fully saturated rings. The summed E-state index contributed by atoms with van der Waals surface area (Å²) in [4.78, 5) is 2.73. The van der Waals surface area contributed by atoms with E-state index in [9.17, 15) is 0 Å². The van der Waals surface area contributed by atoms with E-state index in [1.165, 1.54) is 77.3 Å². The summed E-state index contributed by atoms with van der Waals surface area (Å²) in [6.45, 7) is 5.17. The third kappa shape index (κ3) is 3.52. The summed E-state index contributed by atoms with van der Waals surface area (Å²) in [6.07, 6.45) is 14.5. The average Bonchev–Trinajstić information content (AvgIpc) is 2.71. The summed E-state index contributed by atoms with van der Waals surface area (Å²) in [5.74, 6) is 0.948. The summed E-state index contributed by atoms with van der Waals surface area (Å²) >= 11 is 0. The number of nitrogens with one attached hydrogen (secondary N) is 1. The summed E-state index contributed by atoms with van der Waals surface area (Å²) in [6, 6.07) is 2.46. The van der Waals surface area contributed by atoms with E-state index < -0.39 is 0 Å². The zero-order chi connectivity index (χ0) is 13.1. The highest BCUT2D eigenvalue weighted by atomic mass is 15.2. The normalized spacial score (nSPS) is 35.8. The Hall–Kier alpha value is -0.0800. The van der Waals surface area contributed by atoms with Crippen molar-refractivity contribution in [3.63, 3.8) is 0 Å². The van der Waals surface area contributed by atoms with Gasteiger partial charge in [-0.3, -0.25) is 0 Å². The Kier molecular flexibility index (Phi) is 4.81. The van der Waals surface area contributed by atoms with Gasteiger partial charge in [0.1, 0.15) is 0 Å². The van der Waals surface area contributed by atoms with Crippen molar-refractivity contribution in [1.29, 1.82) is 0 Å². The minimum absolute atomic E-state index is 0.746. The van der Waals surface area contributed by atoms with E-state index >= 15 is 0 Å². The second-order valence-electron chi connectivity index (χ2n) is 7.26. The van der Waals surface area contributed by atoms with E-state index in [1.807, 2.05) is 0 Å². The van der Waals surface area contributed by atoms with Crippen molar-refractivity contribution in [1.82, 2.24) is 10.2 Å². The fourth-order valence-corrected chi connectivity index (χ4v) is 4.69. The molecule has 0 aromatic rings. The van der Waals surface area contributed by atoms with Gasteiger partial charge >= 0.3 is 0 Å². The molecule has 0 bridgehead atoms. The van der Waals surface area contributed by atoms with Crippen LogP contribution in [0.25, 0.3) is 0 Å². The highest BCUT2D eigenvalue weighted by Crippen LogP contribution is 2.29. The van der Waals surface area contributed by atoms with Gasteiger partial charge in [0.15, 0.2) is 0 Å². The molecule has 0 aromatic heterocycles. The van der Waals surface area contributed by atoms with Crippen LogP contribution in [-0.4, -0.2) is 36.1 Å². The van der Waals surface area contributed by atoms with Crippen molar-refractivity contribution >= 4 is 0 Å². The van der Waals surface area contributed by atoms with Crippen molar-refractivity contribution < 1.29 is 0 Å². The van der Waals surface area contributed by atoms with Gasteiger partial charge in [-0.05, 0) is 64.5 Å². The van der Waals surface area contributed by atoms with Gasteiger partial charge in [0.05, 0.1) is 0 Å². The van der Waals surface area contributed by atoms with Crippen LogP contribution < -0.4 is 5.32 Å². The maximum absolute atomic E-state index is 4.00. The molecule has 3 atom stereocenters. The molecule has 3 aliphatic rings. The summed E-state index contributed by atoms with van der Waals surface area (Å²) < 4.78 is 0. The van der Waals surface area contributed by atoms with Gasteiger partial charge in [-0.2, -0.15) is 0 Å². The Labute approximate surface area is 119 Å². The first kappa shape index (κ1) is 13.9. The zero-order valence-electron chi connectivity index (χ0n) is 12.7. The summed E-state index contributed by atoms with van der Waals surface area (Å²) in [5, 5.41) is 4.00. The lowest BCUT2D eigenvalue weighted by Crippen LogP contribution is -2.49. The van der Waals surface area contributed by atoms with E-state index in [0.29, 0.717) is 0 Å². The van der Waals surface area contributed by atoms with Gasteiger partial charge in [0.25, 0.3) is 0 Å². The van der Waals surface area contributed by atoms with Crippen LogP contribution >= 0.6 is 0 Å². The van der Waals surface area contributed by atoms with E-state index in [2.05, 4.69) is 17.1 Å². The Morgan fingerprint density at radius 1 is 0.895 bits per heavy atom. The van der Waals surface area contributed by atoms with Crippen LogP contribution in [0.2, 0.25) is 0 Å². The number of nitrogens with zero attached hydrogens (tertiary/aromatic N) is 1. The number of hydrogen-bond acceptors (Lipinski definition) is 2. The number of hydrogen-bond donors (Lipinski definition) is 1. The molecule has 0 aromatic carbocycles. The minimum Gasteiger partial charge on any atom is -0.311 e. The Morgan fingerprint density at radius 2 is 1.68 bits per heavy atom. The molecule has 0 amide bonds. The average molecular weight is 264 g/mol. The maximum atomic E-state index is 4.00. The summed E-state index contributed by atoms with van der Waals surface area (Å²) in [5.41, 5.74) is 0. The molecule has 2 unspecified atom stereocenters. The number of fused-ring (bicyclic) bond motifs is 1. The highest BCUT2D eigenvalue weighted by Gasteiger charge is 2.32. The third-order valence-corrected chi connectivity index (χ3v) is 5.93. The molecule has 2 nitrogen and oxygen atoms in total. The van der Waals surface area contributed by atoms with Crippen LogP contribution in [0.5, 0.6) is 0 Å². The van der Waals surface area contributed by atoms with Crippen LogP contribution in [0.4, 0.5) is 0 Å².